The molecule has 0 aromatic heterocycles. The number of fused-ring (bicyclic) bond motifs is 1. The predicted octanol–water partition coefficient (Wildman–Crippen LogP) is 3.05. The molecular weight excluding hydrogens is 188 g/mol. The average molecular weight is 206 g/mol. The zero-order valence-electron chi connectivity index (χ0n) is 9.45. The van der Waals surface area contributed by atoms with Crippen LogP contribution in [0.25, 0.3) is 0 Å². The van der Waals surface area contributed by atoms with Crippen LogP contribution >= 0.6 is 0 Å². The standard InChI is InChI=1S/C13H18O2/c1-3-10(2)8-11-4-5-12-13(9-11)15-7-6-14-12/h4-5,9-10H,3,6-8H2,1-2H3. The van der Waals surface area contributed by atoms with Crippen molar-refractivity contribution in [3.05, 3.63) is 23.8 Å². The third-order valence-electron chi connectivity index (χ3n) is 2.89. The highest BCUT2D eigenvalue weighted by Crippen LogP contribution is 2.31. The van der Waals surface area contributed by atoms with Gasteiger partial charge in [-0.25, -0.2) is 0 Å². The molecule has 0 saturated carbocycles. The van der Waals surface area contributed by atoms with Crippen LogP contribution in [0.4, 0.5) is 0 Å². The summed E-state index contributed by atoms with van der Waals surface area (Å²) in [6.07, 6.45) is 2.33. The van der Waals surface area contributed by atoms with Crippen LogP contribution in [-0.2, 0) is 6.42 Å². The van der Waals surface area contributed by atoms with E-state index in [0.717, 1.165) is 23.8 Å². The Labute approximate surface area is 91.2 Å². The highest BCUT2D eigenvalue weighted by atomic mass is 16.6. The Hall–Kier alpha value is -1.18. The number of rotatable bonds is 3. The van der Waals surface area contributed by atoms with Crippen molar-refractivity contribution in [1.82, 2.24) is 0 Å². The normalized spacial score (nSPS) is 16.1. The maximum atomic E-state index is 5.55. The van der Waals surface area contributed by atoms with Gasteiger partial charge in [-0.05, 0) is 30.0 Å². The van der Waals surface area contributed by atoms with Gasteiger partial charge in [0.15, 0.2) is 11.5 Å². The molecule has 2 heteroatoms. The smallest absolute Gasteiger partial charge is 0.161 e. The number of ether oxygens (including phenoxy) is 2. The van der Waals surface area contributed by atoms with E-state index in [9.17, 15) is 0 Å². The van der Waals surface area contributed by atoms with Crippen LogP contribution in [0.15, 0.2) is 18.2 Å². The third-order valence-corrected chi connectivity index (χ3v) is 2.89. The largest absolute Gasteiger partial charge is 0.486 e. The van der Waals surface area contributed by atoms with Crippen molar-refractivity contribution in [2.45, 2.75) is 26.7 Å². The van der Waals surface area contributed by atoms with Crippen LogP contribution in [0.3, 0.4) is 0 Å². The molecule has 0 fully saturated rings. The molecule has 1 unspecified atom stereocenters. The fraction of sp³-hybridized carbons (Fsp3) is 0.538. The maximum absolute atomic E-state index is 5.55. The van der Waals surface area contributed by atoms with Gasteiger partial charge in [0.1, 0.15) is 13.2 Å². The summed E-state index contributed by atoms with van der Waals surface area (Å²) in [5.41, 5.74) is 1.34. The zero-order chi connectivity index (χ0) is 10.7. The molecule has 15 heavy (non-hydrogen) atoms. The lowest BCUT2D eigenvalue weighted by Gasteiger charge is -2.19. The summed E-state index contributed by atoms with van der Waals surface area (Å²) < 4.78 is 11.0. The van der Waals surface area contributed by atoms with Gasteiger partial charge < -0.3 is 9.47 Å². The molecule has 0 amide bonds. The van der Waals surface area contributed by atoms with Gasteiger partial charge in [-0.2, -0.15) is 0 Å². The molecule has 2 rings (SSSR count). The summed E-state index contributed by atoms with van der Waals surface area (Å²) in [5, 5.41) is 0. The van der Waals surface area contributed by atoms with Crippen molar-refractivity contribution < 1.29 is 9.47 Å². The van der Waals surface area contributed by atoms with Crippen LogP contribution < -0.4 is 9.47 Å². The molecule has 1 aliphatic rings. The van der Waals surface area contributed by atoms with Crippen molar-refractivity contribution in [2.75, 3.05) is 13.2 Å². The van der Waals surface area contributed by atoms with E-state index in [1.165, 1.54) is 12.0 Å². The topological polar surface area (TPSA) is 18.5 Å². The molecule has 1 aromatic carbocycles. The molecule has 82 valence electrons. The summed E-state index contributed by atoms with van der Waals surface area (Å²) in [6.45, 7) is 5.83. The van der Waals surface area contributed by atoms with E-state index in [2.05, 4.69) is 26.0 Å². The first kappa shape index (κ1) is 10.3. The van der Waals surface area contributed by atoms with Gasteiger partial charge in [0, 0.05) is 0 Å². The fourth-order valence-electron chi connectivity index (χ4n) is 1.76. The second-order valence-electron chi connectivity index (χ2n) is 4.20. The summed E-state index contributed by atoms with van der Waals surface area (Å²) in [4.78, 5) is 0. The van der Waals surface area contributed by atoms with E-state index >= 15 is 0 Å². The van der Waals surface area contributed by atoms with E-state index in [1.54, 1.807) is 0 Å². The van der Waals surface area contributed by atoms with Crippen molar-refractivity contribution in [3.8, 4) is 11.5 Å². The van der Waals surface area contributed by atoms with Crippen LogP contribution in [-0.4, -0.2) is 13.2 Å². The lowest BCUT2D eigenvalue weighted by atomic mass is 9.98. The van der Waals surface area contributed by atoms with Gasteiger partial charge in [0.05, 0.1) is 0 Å². The summed E-state index contributed by atoms with van der Waals surface area (Å²) in [7, 11) is 0. The molecule has 0 N–H and O–H groups in total. The highest BCUT2D eigenvalue weighted by Gasteiger charge is 2.12. The Morgan fingerprint density at radius 2 is 1.93 bits per heavy atom. The molecule has 0 aliphatic carbocycles. The molecule has 1 aromatic rings. The molecule has 2 nitrogen and oxygen atoms in total. The van der Waals surface area contributed by atoms with Gasteiger partial charge >= 0.3 is 0 Å². The number of benzene rings is 1. The average Bonchev–Trinajstić information content (AvgIpc) is 2.29. The Bertz CT molecular complexity index is 333. The van der Waals surface area contributed by atoms with Crippen molar-refractivity contribution in [1.29, 1.82) is 0 Å². The summed E-state index contributed by atoms with van der Waals surface area (Å²) >= 11 is 0. The van der Waals surface area contributed by atoms with Crippen molar-refractivity contribution in [3.63, 3.8) is 0 Å². The Balaban J connectivity index is 2.13. The van der Waals surface area contributed by atoms with Crippen LogP contribution in [0.1, 0.15) is 25.8 Å². The van der Waals surface area contributed by atoms with E-state index in [0.29, 0.717) is 13.2 Å². The Kier molecular flexibility index (Phi) is 3.14. The van der Waals surface area contributed by atoms with Crippen molar-refractivity contribution in [2.24, 2.45) is 5.92 Å². The maximum Gasteiger partial charge on any atom is 0.161 e. The first-order chi connectivity index (χ1) is 7.29. The van der Waals surface area contributed by atoms with E-state index in [-0.39, 0.29) is 0 Å². The molecule has 0 spiro atoms. The molecule has 1 atom stereocenters. The molecular formula is C13H18O2. The number of hydrogen-bond acceptors (Lipinski definition) is 2. The SMILES string of the molecule is CCC(C)Cc1ccc2c(c1)OCCO2. The summed E-state index contributed by atoms with van der Waals surface area (Å²) in [6, 6.07) is 6.27. The first-order valence-corrected chi connectivity index (χ1v) is 5.68. The lowest BCUT2D eigenvalue weighted by molar-refractivity contribution is 0.171. The third kappa shape index (κ3) is 2.44. The molecule has 0 bridgehead atoms. The molecule has 0 radical (unpaired) electrons. The van der Waals surface area contributed by atoms with Gasteiger partial charge in [-0.15, -0.1) is 0 Å². The molecule has 0 saturated heterocycles. The fourth-order valence-corrected chi connectivity index (χ4v) is 1.76. The minimum atomic E-state index is 0.664. The van der Waals surface area contributed by atoms with E-state index in [4.69, 9.17) is 9.47 Å². The van der Waals surface area contributed by atoms with Gasteiger partial charge in [-0.1, -0.05) is 26.3 Å². The zero-order valence-corrected chi connectivity index (χ0v) is 9.45. The monoisotopic (exact) mass is 206 g/mol. The minimum Gasteiger partial charge on any atom is -0.486 e. The quantitative estimate of drug-likeness (QED) is 0.756. The van der Waals surface area contributed by atoms with Crippen LogP contribution in [0.5, 0.6) is 11.5 Å². The predicted molar refractivity (Wildman–Crippen MR) is 60.6 cm³/mol. The Morgan fingerprint density at radius 1 is 1.20 bits per heavy atom. The van der Waals surface area contributed by atoms with E-state index < -0.39 is 0 Å². The number of hydrogen-bond donors (Lipinski definition) is 0. The first-order valence-electron chi connectivity index (χ1n) is 5.68. The molecule has 1 aliphatic heterocycles. The highest BCUT2D eigenvalue weighted by molar-refractivity contribution is 5.43. The van der Waals surface area contributed by atoms with Gasteiger partial charge in [0.2, 0.25) is 0 Å². The minimum absolute atomic E-state index is 0.664. The lowest BCUT2D eigenvalue weighted by Crippen LogP contribution is -2.15. The second kappa shape index (κ2) is 4.56. The molecule has 1 heterocycles. The van der Waals surface area contributed by atoms with Gasteiger partial charge in [-0.3, -0.25) is 0 Å². The van der Waals surface area contributed by atoms with Crippen molar-refractivity contribution >= 4 is 0 Å². The second-order valence-corrected chi connectivity index (χ2v) is 4.20. The van der Waals surface area contributed by atoms with Gasteiger partial charge in [0.25, 0.3) is 0 Å². The van der Waals surface area contributed by atoms with Crippen LogP contribution in [0.2, 0.25) is 0 Å². The Morgan fingerprint density at radius 3 is 2.67 bits per heavy atom. The summed E-state index contributed by atoms with van der Waals surface area (Å²) in [5.74, 6) is 2.52. The van der Waals surface area contributed by atoms with Crippen LogP contribution in [0, 0.1) is 5.92 Å². The van der Waals surface area contributed by atoms with E-state index in [1.807, 2.05) is 6.07 Å².